The fourth-order valence-corrected chi connectivity index (χ4v) is 1.53. The van der Waals surface area contributed by atoms with Gasteiger partial charge in [-0.05, 0) is 6.42 Å². The van der Waals surface area contributed by atoms with Crippen LogP contribution in [0.1, 0.15) is 32.0 Å². The zero-order valence-electron chi connectivity index (χ0n) is 12.8. The lowest BCUT2D eigenvalue weighted by molar-refractivity contribution is 0.143. The summed E-state index contributed by atoms with van der Waals surface area (Å²) in [6.45, 7) is 6.67. The van der Waals surface area contributed by atoms with Gasteiger partial charge in [0, 0.05) is 39.4 Å². The number of aromatic nitrogens is 2. The third-order valence-electron chi connectivity index (χ3n) is 2.61. The van der Waals surface area contributed by atoms with Gasteiger partial charge < -0.3 is 19.5 Å². The van der Waals surface area contributed by atoms with Gasteiger partial charge in [-0.25, -0.2) is 4.98 Å². The molecule has 0 aliphatic heterocycles. The van der Waals surface area contributed by atoms with Crippen LogP contribution in [0, 0.1) is 0 Å². The molecule has 0 aliphatic carbocycles. The summed E-state index contributed by atoms with van der Waals surface area (Å²) < 4.78 is 15.5. The maximum atomic E-state index is 5.56. The first-order valence-corrected chi connectivity index (χ1v) is 6.91. The van der Waals surface area contributed by atoms with Crippen LogP contribution < -0.4 is 10.1 Å². The first-order chi connectivity index (χ1) is 9.67. The van der Waals surface area contributed by atoms with Gasteiger partial charge in [-0.15, -0.1) is 0 Å². The molecule has 0 spiro atoms. The maximum Gasteiger partial charge on any atom is 0.218 e. The van der Waals surface area contributed by atoms with Crippen molar-refractivity contribution in [1.29, 1.82) is 0 Å². The molecule has 0 radical (unpaired) electrons. The molecule has 0 unspecified atom stereocenters. The van der Waals surface area contributed by atoms with Gasteiger partial charge in [-0.2, -0.15) is 4.98 Å². The predicted octanol–water partition coefficient (Wildman–Crippen LogP) is 2.07. The first kappa shape index (κ1) is 16.7. The number of hydrogen-bond acceptors (Lipinski definition) is 6. The molecule has 1 N–H and O–H groups in total. The Bertz CT molecular complexity index is 386. The Morgan fingerprint density at radius 3 is 2.50 bits per heavy atom. The van der Waals surface area contributed by atoms with Crippen LogP contribution in [-0.2, 0) is 9.47 Å². The number of methoxy groups -OCH3 is 2. The quantitative estimate of drug-likeness (QED) is 0.663. The topological polar surface area (TPSA) is 65.5 Å². The summed E-state index contributed by atoms with van der Waals surface area (Å²) >= 11 is 0. The minimum absolute atomic E-state index is 0.250. The maximum absolute atomic E-state index is 5.56. The average molecular weight is 283 g/mol. The van der Waals surface area contributed by atoms with Crippen molar-refractivity contribution >= 4 is 5.82 Å². The van der Waals surface area contributed by atoms with E-state index in [0.717, 1.165) is 31.2 Å². The van der Waals surface area contributed by atoms with E-state index in [0.29, 0.717) is 19.1 Å². The molecule has 0 bridgehead atoms. The van der Waals surface area contributed by atoms with Gasteiger partial charge in [-0.1, -0.05) is 13.8 Å². The summed E-state index contributed by atoms with van der Waals surface area (Å²) in [5, 5.41) is 3.26. The molecule has 0 fully saturated rings. The molecule has 1 aromatic rings. The second-order valence-corrected chi connectivity index (χ2v) is 4.72. The van der Waals surface area contributed by atoms with Crippen molar-refractivity contribution in [3.63, 3.8) is 0 Å². The van der Waals surface area contributed by atoms with Gasteiger partial charge >= 0.3 is 0 Å². The van der Waals surface area contributed by atoms with Gasteiger partial charge in [0.15, 0.2) is 0 Å². The van der Waals surface area contributed by atoms with Crippen molar-refractivity contribution in [2.24, 2.45) is 0 Å². The molecule has 6 heteroatoms. The standard InChI is InChI=1S/C14H25N3O3/c1-11(2)14-16-12(15-6-5-7-18-3)10-13(17-14)20-9-8-19-4/h10-11H,5-9H2,1-4H3,(H,15,16,17). The zero-order valence-corrected chi connectivity index (χ0v) is 12.8. The smallest absolute Gasteiger partial charge is 0.218 e. The molecule has 20 heavy (non-hydrogen) atoms. The van der Waals surface area contributed by atoms with Crippen LogP contribution in [0.25, 0.3) is 0 Å². The highest BCUT2D eigenvalue weighted by Crippen LogP contribution is 2.18. The lowest BCUT2D eigenvalue weighted by atomic mass is 10.2. The largest absolute Gasteiger partial charge is 0.475 e. The van der Waals surface area contributed by atoms with Crippen LogP contribution in [0.15, 0.2) is 6.07 Å². The lowest BCUT2D eigenvalue weighted by Crippen LogP contribution is -2.11. The molecule has 0 amide bonds. The minimum Gasteiger partial charge on any atom is -0.475 e. The summed E-state index contributed by atoms with van der Waals surface area (Å²) in [5.41, 5.74) is 0. The fourth-order valence-electron chi connectivity index (χ4n) is 1.53. The number of anilines is 1. The van der Waals surface area contributed by atoms with Gasteiger partial charge in [0.05, 0.1) is 6.61 Å². The van der Waals surface area contributed by atoms with Crippen molar-refractivity contribution in [2.75, 3.05) is 45.9 Å². The van der Waals surface area contributed by atoms with Gasteiger partial charge in [0.2, 0.25) is 5.88 Å². The molecule has 0 aromatic carbocycles. The molecule has 0 atom stereocenters. The van der Waals surface area contributed by atoms with E-state index in [2.05, 4.69) is 29.1 Å². The third-order valence-corrected chi connectivity index (χ3v) is 2.61. The van der Waals surface area contributed by atoms with E-state index in [1.807, 2.05) is 6.07 Å². The second kappa shape index (κ2) is 9.50. The molecular weight excluding hydrogens is 258 g/mol. The molecular formula is C14H25N3O3. The Kier molecular flexibility index (Phi) is 7.91. The van der Waals surface area contributed by atoms with E-state index in [1.54, 1.807) is 14.2 Å². The number of hydrogen-bond donors (Lipinski definition) is 1. The summed E-state index contributed by atoms with van der Waals surface area (Å²) in [4.78, 5) is 8.88. The van der Waals surface area contributed by atoms with Crippen molar-refractivity contribution < 1.29 is 14.2 Å². The van der Waals surface area contributed by atoms with Crippen LogP contribution in [0.5, 0.6) is 5.88 Å². The number of nitrogens with one attached hydrogen (secondary N) is 1. The van der Waals surface area contributed by atoms with E-state index >= 15 is 0 Å². The van der Waals surface area contributed by atoms with Gasteiger partial charge in [0.1, 0.15) is 18.2 Å². The Balaban J connectivity index is 2.66. The monoisotopic (exact) mass is 283 g/mol. The lowest BCUT2D eigenvalue weighted by Gasteiger charge is -2.12. The molecule has 114 valence electrons. The Morgan fingerprint density at radius 2 is 1.85 bits per heavy atom. The van der Waals surface area contributed by atoms with E-state index in [4.69, 9.17) is 14.2 Å². The second-order valence-electron chi connectivity index (χ2n) is 4.72. The molecule has 1 heterocycles. The Hall–Kier alpha value is -1.40. The van der Waals surface area contributed by atoms with E-state index in [-0.39, 0.29) is 5.92 Å². The van der Waals surface area contributed by atoms with E-state index in [1.165, 1.54) is 0 Å². The van der Waals surface area contributed by atoms with Crippen LogP contribution in [0.3, 0.4) is 0 Å². The zero-order chi connectivity index (χ0) is 14.8. The summed E-state index contributed by atoms with van der Waals surface area (Å²) in [5.74, 6) is 2.39. The van der Waals surface area contributed by atoms with Crippen molar-refractivity contribution in [3.05, 3.63) is 11.9 Å². The predicted molar refractivity (Wildman–Crippen MR) is 78.5 cm³/mol. The highest BCUT2D eigenvalue weighted by Gasteiger charge is 2.08. The number of rotatable bonds is 10. The summed E-state index contributed by atoms with van der Waals surface area (Å²) in [6, 6.07) is 1.81. The molecule has 0 saturated heterocycles. The molecule has 6 nitrogen and oxygen atoms in total. The fraction of sp³-hybridized carbons (Fsp3) is 0.714. The Labute approximate surface area is 120 Å². The highest BCUT2D eigenvalue weighted by atomic mass is 16.5. The van der Waals surface area contributed by atoms with Crippen molar-refractivity contribution in [3.8, 4) is 5.88 Å². The molecule has 0 aliphatic rings. The van der Waals surface area contributed by atoms with Crippen LogP contribution in [0.2, 0.25) is 0 Å². The van der Waals surface area contributed by atoms with E-state index in [9.17, 15) is 0 Å². The summed E-state index contributed by atoms with van der Waals surface area (Å²) in [7, 11) is 3.34. The SMILES string of the molecule is COCCCNc1cc(OCCOC)nc(C(C)C)n1. The van der Waals surface area contributed by atoms with Crippen molar-refractivity contribution in [1.82, 2.24) is 9.97 Å². The van der Waals surface area contributed by atoms with E-state index < -0.39 is 0 Å². The van der Waals surface area contributed by atoms with Crippen LogP contribution >= 0.6 is 0 Å². The van der Waals surface area contributed by atoms with Gasteiger partial charge in [-0.3, -0.25) is 0 Å². The Morgan fingerprint density at radius 1 is 1.10 bits per heavy atom. The molecule has 0 saturated carbocycles. The molecule has 1 aromatic heterocycles. The van der Waals surface area contributed by atoms with Crippen LogP contribution in [-0.4, -0.2) is 50.6 Å². The minimum atomic E-state index is 0.250. The number of ether oxygens (including phenoxy) is 3. The third kappa shape index (κ3) is 6.16. The number of nitrogens with zero attached hydrogens (tertiary/aromatic N) is 2. The average Bonchev–Trinajstić information content (AvgIpc) is 2.44. The first-order valence-electron chi connectivity index (χ1n) is 6.91. The molecule has 1 rings (SSSR count). The normalized spacial score (nSPS) is 10.8. The highest BCUT2D eigenvalue weighted by molar-refractivity contribution is 5.38. The van der Waals surface area contributed by atoms with Crippen LogP contribution in [0.4, 0.5) is 5.82 Å². The van der Waals surface area contributed by atoms with Crippen molar-refractivity contribution in [2.45, 2.75) is 26.2 Å². The van der Waals surface area contributed by atoms with Gasteiger partial charge in [0.25, 0.3) is 0 Å². The summed E-state index contributed by atoms with van der Waals surface area (Å²) in [6.07, 6.45) is 0.928.